The van der Waals surface area contributed by atoms with E-state index in [2.05, 4.69) is 0 Å². The smallest absolute Gasteiger partial charge is 0.125 e. The monoisotopic (exact) mass is 158 g/mol. The molecule has 0 amide bonds. The van der Waals surface area contributed by atoms with Crippen LogP contribution in [-0.4, -0.2) is 28.2 Å². The third kappa shape index (κ3) is 2.01. The van der Waals surface area contributed by atoms with Crippen molar-refractivity contribution in [2.75, 3.05) is 0 Å². The highest BCUT2D eigenvalue weighted by Gasteiger charge is 2.35. The number of rotatable bonds is 1. The van der Waals surface area contributed by atoms with Gasteiger partial charge in [0.25, 0.3) is 0 Å². The molecule has 0 aromatic rings. The molecule has 1 aliphatic carbocycles. The minimum atomic E-state index is -0.759. The van der Waals surface area contributed by atoms with Gasteiger partial charge in [-0.25, -0.2) is 0 Å². The maximum Gasteiger partial charge on any atom is 0.125 e. The summed E-state index contributed by atoms with van der Waals surface area (Å²) >= 11 is 0. The van der Waals surface area contributed by atoms with Crippen molar-refractivity contribution in [1.29, 1.82) is 0 Å². The van der Waals surface area contributed by atoms with Gasteiger partial charge in [-0.15, -0.1) is 0 Å². The molecule has 1 saturated carbocycles. The van der Waals surface area contributed by atoms with Crippen molar-refractivity contribution in [3.63, 3.8) is 0 Å². The van der Waals surface area contributed by atoms with Crippen molar-refractivity contribution in [3.8, 4) is 0 Å². The molecule has 3 unspecified atom stereocenters. The molecule has 0 aromatic heterocycles. The number of carbonyl (C=O) groups is 1. The van der Waals surface area contributed by atoms with Crippen LogP contribution in [0.5, 0.6) is 0 Å². The summed E-state index contributed by atoms with van der Waals surface area (Å²) in [6.07, 6.45) is 1.68. The summed E-state index contributed by atoms with van der Waals surface area (Å²) in [5, 5.41) is 18.8. The third-order valence-electron chi connectivity index (χ3n) is 2.32. The Morgan fingerprint density at radius 1 is 1.64 bits per heavy atom. The van der Waals surface area contributed by atoms with E-state index in [1.54, 1.807) is 6.92 Å². The summed E-state index contributed by atoms with van der Waals surface area (Å²) < 4.78 is 0. The van der Waals surface area contributed by atoms with E-state index in [-0.39, 0.29) is 5.92 Å². The Bertz CT molecular complexity index is 153. The van der Waals surface area contributed by atoms with Crippen LogP contribution in [-0.2, 0) is 4.79 Å². The van der Waals surface area contributed by atoms with E-state index in [1.165, 1.54) is 0 Å². The Morgan fingerprint density at radius 2 is 2.27 bits per heavy atom. The second-order valence-corrected chi connectivity index (χ2v) is 3.61. The van der Waals surface area contributed by atoms with E-state index in [0.717, 1.165) is 6.29 Å². The van der Waals surface area contributed by atoms with Crippen LogP contribution < -0.4 is 0 Å². The first-order valence-electron chi connectivity index (χ1n) is 3.91. The molecule has 0 spiro atoms. The van der Waals surface area contributed by atoms with E-state index >= 15 is 0 Å². The Labute approximate surface area is 66.0 Å². The Hall–Kier alpha value is -0.410. The molecule has 0 aliphatic heterocycles. The average molecular weight is 158 g/mol. The zero-order valence-corrected chi connectivity index (χ0v) is 6.66. The van der Waals surface area contributed by atoms with Crippen LogP contribution in [0.1, 0.15) is 26.2 Å². The molecule has 1 aliphatic rings. The van der Waals surface area contributed by atoms with Crippen LogP contribution in [0.25, 0.3) is 0 Å². The van der Waals surface area contributed by atoms with Gasteiger partial charge in [0, 0.05) is 5.92 Å². The summed E-state index contributed by atoms with van der Waals surface area (Å²) in [6, 6.07) is 0. The SMILES string of the molecule is CC1(O)CCC(O)C(C=O)C1. The molecule has 0 bridgehead atoms. The molecule has 0 aromatic carbocycles. The predicted molar refractivity (Wildman–Crippen MR) is 40.0 cm³/mol. The minimum absolute atomic E-state index is 0.376. The zero-order chi connectivity index (χ0) is 8.48. The summed E-state index contributed by atoms with van der Waals surface area (Å²) in [6.45, 7) is 1.70. The van der Waals surface area contributed by atoms with Crippen LogP contribution in [0.2, 0.25) is 0 Å². The molecule has 1 rings (SSSR count). The molecule has 0 radical (unpaired) electrons. The third-order valence-corrected chi connectivity index (χ3v) is 2.32. The summed E-state index contributed by atoms with van der Waals surface area (Å²) in [5.41, 5.74) is -0.759. The van der Waals surface area contributed by atoms with Crippen molar-refractivity contribution in [2.45, 2.75) is 37.9 Å². The lowest BCUT2D eigenvalue weighted by Crippen LogP contribution is -2.39. The second kappa shape index (κ2) is 2.91. The van der Waals surface area contributed by atoms with Gasteiger partial charge in [-0.05, 0) is 26.2 Å². The summed E-state index contributed by atoms with van der Waals surface area (Å²) in [5.74, 6) is -0.376. The largest absolute Gasteiger partial charge is 0.392 e. The van der Waals surface area contributed by atoms with Gasteiger partial charge in [-0.2, -0.15) is 0 Å². The lowest BCUT2D eigenvalue weighted by Gasteiger charge is -2.34. The molecule has 64 valence electrons. The molecule has 1 fully saturated rings. The van der Waals surface area contributed by atoms with Crippen LogP contribution >= 0.6 is 0 Å². The first-order chi connectivity index (χ1) is 5.05. The fourth-order valence-electron chi connectivity index (χ4n) is 1.56. The van der Waals surface area contributed by atoms with Crippen LogP contribution in [0.3, 0.4) is 0 Å². The summed E-state index contributed by atoms with van der Waals surface area (Å²) in [4.78, 5) is 10.4. The number of aliphatic hydroxyl groups excluding tert-OH is 1. The number of aliphatic hydroxyl groups is 2. The normalized spacial score (nSPS) is 45.4. The van der Waals surface area contributed by atoms with Gasteiger partial charge in [-0.1, -0.05) is 0 Å². The first-order valence-corrected chi connectivity index (χ1v) is 3.91. The van der Waals surface area contributed by atoms with Gasteiger partial charge >= 0.3 is 0 Å². The van der Waals surface area contributed by atoms with Crippen molar-refractivity contribution < 1.29 is 15.0 Å². The van der Waals surface area contributed by atoms with Gasteiger partial charge in [0.1, 0.15) is 6.29 Å². The van der Waals surface area contributed by atoms with E-state index < -0.39 is 11.7 Å². The van der Waals surface area contributed by atoms with E-state index in [4.69, 9.17) is 0 Å². The topological polar surface area (TPSA) is 57.5 Å². The van der Waals surface area contributed by atoms with Crippen LogP contribution in [0.4, 0.5) is 0 Å². The van der Waals surface area contributed by atoms with Gasteiger partial charge < -0.3 is 15.0 Å². The lowest BCUT2D eigenvalue weighted by atomic mass is 9.78. The Kier molecular flexibility index (Phi) is 2.30. The molecule has 3 heteroatoms. The molecular formula is C8H14O3. The van der Waals surface area contributed by atoms with Crippen molar-refractivity contribution in [2.24, 2.45) is 5.92 Å². The Morgan fingerprint density at radius 3 is 2.73 bits per heavy atom. The van der Waals surface area contributed by atoms with Crippen molar-refractivity contribution >= 4 is 6.29 Å². The van der Waals surface area contributed by atoms with Gasteiger partial charge in [0.15, 0.2) is 0 Å². The Balaban J connectivity index is 2.58. The highest BCUT2D eigenvalue weighted by molar-refractivity contribution is 5.55. The molecule has 11 heavy (non-hydrogen) atoms. The fourth-order valence-corrected chi connectivity index (χ4v) is 1.56. The van der Waals surface area contributed by atoms with Gasteiger partial charge in [0.2, 0.25) is 0 Å². The van der Waals surface area contributed by atoms with Crippen LogP contribution in [0.15, 0.2) is 0 Å². The maximum atomic E-state index is 10.4. The van der Waals surface area contributed by atoms with E-state index in [0.29, 0.717) is 19.3 Å². The average Bonchev–Trinajstić information content (AvgIpc) is 1.94. The van der Waals surface area contributed by atoms with E-state index in [1.807, 2.05) is 0 Å². The van der Waals surface area contributed by atoms with E-state index in [9.17, 15) is 15.0 Å². The van der Waals surface area contributed by atoms with Crippen molar-refractivity contribution in [1.82, 2.24) is 0 Å². The zero-order valence-electron chi connectivity index (χ0n) is 6.66. The number of hydrogen-bond donors (Lipinski definition) is 2. The lowest BCUT2D eigenvalue weighted by molar-refractivity contribution is -0.122. The summed E-state index contributed by atoms with van der Waals surface area (Å²) in [7, 11) is 0. The highest BCUT2D eigenvalue weighted by atomic mass is 16.3. The van der Waals surface area contributed by atoms with Gasteiger partial charge in [0.05, 0.1) is 11.7 Å². The maximum absolute atomic E-state index is 10.4. The molecule has 3 atom stereocenters. The molecular weight excluding hydrogens is 144 g/mol. The predicted octanol–water partition coefficient (Wildman–Crippen LogP) is 0.0973. The number of carbonyl (C=O) groups excluding carboxylic acids is 1. The number of aldehydes is 1. The second-order valence-electron chi connectivity index (χ2n) is 3.61. The fraction of sp³-hybridized carbons (Fsp3) is 0.875. The van der Waals surface area contributed by atoms with Crippen molar-refractivity contribution in [3.05, 3.63) is 0 Å². The molecule has 3 nitrogen and oxygen atoms in total. The quantitative estimate of drug-likeness (QED) is 0.532. The standard InChI is InChI=1S/C8H14O3/c1-8(11)3-2-7(10)6(4-8)5-9/h5-7,10-11H,2-4H2,1H3. The first kappa shape index (κ1) is 8.68. The van der Waals surface area contributed by atoms with Gasteiger partial charge in [-0.3, -0.25) is 0 Å². The molecule has 0 heterocycles. The van der Waals surface area contributed by atoms with Crippen LogP contribution in [0, 0.1) is 5.92 Å². The molecule has 0 saturated heterocycles. The minimum Gasteiger partial charge on any atom is -0.392 e. The highest BCUT2D eigenvalue weighted by Crippen LogP contribution is 2.30. The number of hydrogen-bond acceptors (Lipinski definition) is 3. The molecule has 2 N–H and O–H groups in total.